The summed E-state index contributed by atoms with van der Waals surface area (Å²) in [6, 6.07) is 4.46. The second-order valence-electron chi connectivity index (χ2n) is 5.14. The van der Waals surface area contributed by atoms with Crippen LogP contribution in [0, 0.1) is 5.82 Å². The van der Waals surface area contributed by atoms with E-state index in [0.29, 0.717) is 18.7 Å². The molecule has 0 aromatic heterocycles. The molecule has 0 aliphatic carbocycles. The Hall–Kier alpha value is -1.46. The van der Waals surface area contributed by atoms with Crippen molar-refractivity contribution in [3.05, 3.63) is 29.6 Å². The molecule has 110 valence electrons. The Morgan fingerprint density at radius 1 is 1.30 bits per heavy atom. The van der Waals surface area contributed by atoms with Crippen molar-refractivity contribution in [2.45, 2.75) is 6.42 Å². The first kappa shape index (κ1) is 14.9. The molecule has 1 saturated heterocycles. The fourth-order valence-electron chi connectivity index (χ4n) is 2.40. The van der Waals surface area contributed by atoms with Crippen LogP contribution >= 0.6 is 0 Å². The van der Waals surface area contributed by atoms with E-state index in [1.54, 1.807) is 12.1 Å². The van der Waals surface area contributed by atoms with E-state index in [1.165, 1.54) is 13.2 Å². The van der Waals surface area contributed by atoms with Gasteiger partial charge in [0.25, 0.3) is 0 Å². The fourth-order valence-corrected chi connectivity index (χ4v) is 2.40. The van der Waals surface area contributed by atoms with Gasteiger partial charge >= 0.3 is 0 Å². The average Bonchev–Trinajstić information content (AvgIpc) is 2.46. The van der Waals surface area contributed by atoms with E-state index in [0.717, 1.165) is 26.2 Å². The number of carbonyl (C=O) groups is 1. The third-order valence-electron chi connectivity index (χ3n) is 3.73. The lowest BCUT2D eigenvalue weighted by molar-refractivity contribution is 0.0935. The molecule has 4 nitrogen and oxygen atoms in total. The van der Waals surface area contributed by atoms with E-state index in [1.807, 2.05) is 0 Å². The topological polar surface area (TPSA) is 32.8 Å². The summed E-state index contributed by atoms with van der Waals surface area (Å²) in [6.45, 7) is 4.61. The van der Waals surface area contributed by atoms with Gasteiger partial charge in [-0.25, -0.2) is 4.39 Å². The number of carbonyl (C=O) groups excluding carboxylic acids is 1. The number of ether oxygens (including phenoxy) is 1. The van der Waals surface area contributed by atoms with E-state index < -0.39 is 5.82 Å². The third-order valence-corrected chi connectivity index (χ3v) is 3.73. The lowest BCUT2D eigenvalue weighted by Gasteiger charge is -2.32. The number of benzene rings is 1. The van der Waals surface area contributed by atoms with E-state index in [2.05, 4.69) is 16.8 Å². The van der Waals surface area contributed by atoms with Crippen molar-refractivity contribution < 1.29 is 13.9 Å². The molecule has 5 heteroatoms. The number of halogens is 1. The van der Waals surface area contributed by atoms with Crippen molar-refractivity contribution in [1.82, 2.24) is 9.80 Å². The second-order valence-corrected chi connectivity index (χ2v) is 5.14. The average molecular weight is 280 g/mol. The molecule has 0 atom stereocenters. The number of piperazine rings is 1. The summed E-state index contributed by atoms with van der Waals surface area (Å²) in [6.07, 6.45) is 0.320. The van der Waals surface area contributed by atoms with Crippen LogP contribution in [0.5, 0.6) is 5.75 Å². The summed E-state index contributed by atoms with van der Waals surface area (Å²) in [4.78, 5) is 16.7. The molecular formula is C15H21FN2O2. The van der Waals surface area contributed by atoms with Crippen molar-refractivity contribution >= 4 is 5.78 Å². The van der Waals surface area contributed by atoms with Crippen molar-refractivity contribution in [3.8, 4) is 5.75 Å². The molecule has 1 aliphatic heterocycles. The van der Waals surface area contributed by atoms with Crippen LogP contribution in [-0.2, 0) is 0 Å². The normalized spacial score (nSPS) is 17.1. The Labute approximate surface area is 119 Å². The van der Waals surface area contributed by atoms with E-state index in [4.69, 9.17) is 4.74 Å². The standard InChI is InChI=1S/C15H21FN2O2/c1-17-8-10-18(11-9-17)7-6-13(19)15-12(16)4-3-5-14(15)20-2/h3-5H,6-11H2,1-2H3. The van der Waals surface area contributed by atoms with Gasteiger partial charge in [-0.1, -0.05) is 6.07 Å². The zero-order valence-corrected chi connectivity index (χ0v) is 12.1. The lowest BCUT2D eigenvalue weighted by atomic mass is 10.1. The Balaban J connectivity index is 1.95. The molecular weight excluding hydrogens is 259 g/mol. The van der Waals surface area contributed by atoms with Crippen LogP contribution in [0.3, 0.4) is 0 Å². The summed E-state index contributed by atoms with van der Waals surface area (Å²) < 4.78 is 18.9. The summed E-state index contributed by atoms with van der Waals surface area (Å²) in [5.74, 6) is -0.389. The quantitative estimate of drug-likeness (QED) is 0.768. The Kier molecular flexibility index (Phi) is 5.09. The van der Waals surface area contributed by atoms with Gasteiger partial charge in [0, 0.05) is 39.1 Å². The second kappa shape index (κ2) is 6.81. The maximum Gasteiger partial charge on any atom is 0.170 e. The number of Topliss-reactive ketones (excluding diaryl/α,β-unsaturated/α-hetero) is 1. The van der Waals surface area contributed by atoms with Gasteiger partial charge in [-0.15, -0.1) is 0 Å². The van der Waals surface area contributed by atoms with Gasteiger partial charge < -0.3 is 14.5 Å². The highest BCUT2D eigenvalue weighted by Gasteiger charge is 2.19. The number of ketones is 1. The molecule has 20 heavy (non-hydrogen) atoms. The molecule has 0 unspecified atom stereocenters. The maximum absolute atomic E-state index is 13.8. The van der Waals surface area contributed by atoms with E-state index >= 15 is 0 Å². The molecule has 1 heterocycles. The first-order valence-electron chi connectivity index (χ1n) is 6.88. The molecule has 1 aromatic carbocycles. The van der Waals surface area contributed by atoms with Crippen molar-refractivity contribution in [2.24, 2.45) is 0 Å². The molecule has 1 aromatic rings. The van der Waals surface area contributed by atoms with Gasteiger partial charge in [0.1, 0.15) is 11.6 Å². The minimum atomic E-state index is -0.507. The van der Waals surface area contributed by atoms with Gasteiger partial charge in [0.15, 0.2) is 5.78 Å². The van der Waals surface area contributed by atoms with Crippen molar-refractivity contribution in [1.29, 1.82) is 0 Å². The summed E-state index contributed by atoms with van der Waals surface area (Å²) in [7, 11) is 3.54. The highest BCUT2D eigenvalue weighted by Crippen LogP contribution is 2.22. The Morgan fingerprint density at radius 3 is 2.65 bits per heavy atom. The molecule has 0 radical (unpaired) electrons. The van der Waals surface area contributed by atoms with Crippen LogP contribution in [0.4, 0.5) is 4.39 Å². The highest BCUT2D eigenvalue weighted by atomic mass is 19.1. The summed E-state index contributed by atoms with van der Waals surface area (Å²) in [5.41, 5.74) is 0.0733. The molecule has 0 saturated carbocycles. The smallest absolute Gasteiger partial charge is 0.170 e. The van der Waals surface area contributed by atoms with Crippen LogP contribution in [0.25, 0.3) is 0 Å². The molecule has 1 aliphatic rings. The van der Waals surface area contributed by atoms with Crippen LogP contribution in [0.1, 0.15) is 16.8 Å². The molecule has 0 spiro atoms. The SMILES string of the molecule is COc1cccc(F)c1C(=O)CCN1CCN(C)CC1. The number of likely N-dealkylation sites (N-methyl/N-ethyl adjacent to an activating group) is 1. The Morgan fingerprint density at radius 2 is 2.00 bits per heavy atom. The molecule has 0 N–H and O–H groups in total. The number of hydrogen-bond donors (Lipinski definition) is 0. The zero-order chi connectivity index (χ0) is 14.5. The number of methoxy groups -OCH3 is 1. The Bertz CT molecular complexity index is 471. The number of nitrogens with zero attached hydrogens (tertiary/aromatic N) is 2. The number of rotatable bonds is 5. The van der Waals surface area contributed by atoms with Crippen LogP contribution in [-0.4, -0.2) is 62.5 Å². The highest BCUT2D eigenvalue weighted by molar-refractivity contribution is 5.99. The zero-order valence-electron chi connectivity index (χ0n) is 12.1. The monoisotopic (exact) mass is 280 g/mol. The molecule has 1 fully saturated rings. The summed E-state index contributed by atoms with van der Waals surface area (Å²) in [5, 5.41) is 0. The van der Waals surface area contributed by atoms with Crippen molar-refractivity contribution in [2.75, 3.05) is 46.9 Å². The minimum absolute atomic E-state index is 0.0733. The maximum atomic E-state index is 13.8. The van der Waals surface area contributed by atoms with Gasteiger partial charge in [-0.05, 0) is 19.2 Å². The van der Waals surface area contributed by atoms with Crippen LogP contribution in [0.2, 0.25) is 0 Å². The van der Waals surface area contributed by atoms with Crippen LogP contribution in [0.15, 0.2) is 18.2 Å². The third kappa shape index (κ3) is 3.55. The first-order valence-corrected chi connectivity index (χ1v) is 6.88. The molecule has 0 bridgehead atoms. The predicted molar refractivity (Wildman–Crippen MR) is 75.8 cm³/mol. The van der Waals surface area contributed by atoms with Gasteiger partial charge in [-0.2, -0.15) is 0 Å². The van der Waals surface area contributed by atoms with Gasteiger partial charge in [0.05, 0.1) is 12.7 Å². The van der Waals surface area contributed by atoms with E-state index in [-0.39, 0.29) is 11.3 Å². The lowest BCUT2D eigenvalue weighted by Crippen LogP contribution is -2.45. The van der Waals surface area contributed by atoms with Gasteiger partial charge in [-0.3, -0.25) is 4.79 Å². The van der Waals surface area contributed by atoms with Gasteiger partial charge in [0.2, 0.25) is 0 Å². The largest absolute Gasteiger partial charge is 0.496 e. The molecule has 2 rings (SSSR count). The fraction of sp³-hybridized carbons (Fsp3) is 0.533. The summed E-state index contributed by atoms with van der Waals surface area (Å²) >= 11 is 0. The van der Waals surface area contributed by atoms with Crippen molar-refractivity contribution in [3.63, 3.8) is 0 Å². The minimum Gasteiger partial charge on any atom is -0.496 e. The van der Waals surface area contributed by atoms with E-state index in [9.17, 15) is 9.18 Å². The predicted octanol–water partition coefficient (Wildman–Crippen LogP) is 1.65. The van der Waals surface area contributed by atoms with Crippen LogP contribution < -0.4 is 4.74 Å². The number of hydrogen-bond acceptors (Lipinski definition) is 4. The molecule has 0 amide bonds. The first-order chi connectivity index (χ1) is 9.61.